The Hall–Kier alpha value is -2.96. The lowest BCUT2D eigenvalue weighted by atomic mass is 10.0. The highest BCUT2D eigenvalue weighted by atomic mass is 16.5. The molecule has 2 aromatic carbocycles. The third kappa shape index (κ3) is 4.55. The molecule has 6 heteroatoms. The Morgan fingerprint density at radius 2 is 1.77 bits per heavy atom. The van der Waals surface area contributed by atoms with Crippen molar-refractivity contribution in [1.82, 2.24) is 10.2 Å². The lowest BCUT2D eigenvalue weighted by Gasteiger charge is -2.35. The van der Waals surface area contributed by atoms with Gasteiger partial charge in [-0.15, -0.1) is 0 Å². The fourth-order valence-electron chi connectivity index (χ4n) is 3.98. The lowest BCUT2D eigenvalue weighted by molar-refractivity contribution is 0.0161. The predicted molar refractivity (Wildman–Crippen MR) is 121 cm³/mol. The zero-order valence-corrected chi connectivity index (χ0v) is 18.2. The van der Waals surface area contributed by atoms with Crippen LogP contribution in [0.2, 0.25) is 0 Å². The molecule has 162 valence electrons. The van der Waals surface area contributed by atoms with E-state index in [1.165, 1.54) is 11.6 Å². The summed E-state index contributed by atoms with van der Waals surface area (Å²) in [6.45, 7) is 9.28. The molecule has 0 radical (unpaired) electrons. The molecule has 0 spiro atoms. The number of aryl methyl sites for hydroxylation is 3. The second kappa shape index (κ2) is 9.04. The van der Waals surface area contributed by atoms with Crippen LogP contribution < -0.4 is 10.7 Å². The molecule has 4 rings (SSSR count). The number of hydrogen-bond acceptors (Lipinski definition) is 5. The number of hydrogen-bond donors (Lipinski definition) is 1. The minimum Gasteiger partial charge on any atom is -0.450 e. The van der Waals surface area contributed by atoms with Crippen molar-refractivity contribution >= 4 is 16.9 Å². The number of carbonyl (C=O) groups excluding carboxylic acids is 1. The van der Waals surface area contributed by atoms with E-state index < -0.39 is 0 Å². The van der Waals surface area contributed by atoms with Gasteiger partial charge in [0.25, 0.3) is 5.91 Å². The van der Waals surface area contributed by atoms with Gasteiger partial charge in [-0.1, -0.05) is 35.9 Å². The molecule has 1 saturated heterocycles. The number of nitrogens with zero attached hydrogens (tertiary/aromatic N) is 1. The molecule has 1 atom stereocenters. The average Bonchev–Trinajstić information content (AvgIpc) is 2.78. The number of nitrogens with one attached hydrogen (secondary N) is 1. The fraction of sp³-hybridized carbons (Fsp3) is 0.360. The molecule has 1 aliphatic rings. The first-order valence-corrected chi connectivity index (χ1v) is 10.6. The number of benzene rings is 2. The number of morpholine rings is 1. The lowest BCUT2D eigenvalue weighted by Crippen LogP contribution is -2.43. The smallest absolute Gasteiger partial charge is 0.287 e. The van der Waals surface area contributed by atoms with Gasteiger partial charge < -0.3 is 14.5 Å². The van der Waals surface area contributed by atoms with E-state index in [0.717, 1.165) is 29.8 Å². The van der Waals surface area contributed by atoms with Crippen molar-refractivity contribution in [1.29, 1.82) is 0 Å². The molecule has 31 heavy (non-hydrogen) atoms. The van der Waals surface area contributed by atoms with Gasteiger partial charge in [0, 0.05) is 25.7 Å². The molecule has 1 amide bonds. The van der Waals surface area contributed by atoms with E-state index in [1.54, 1.807) is 6.07 Å². The van der Waals surface area contributed by atoms with Gasteiger partial charge in [-0.05, 0) is 43.5 Å². The Balaban J connectivity index is 1.58. The van der Waals surface area contributed by atoms with Crippen molar-refractivity contribution < 1.29 is 13.9 Å². The van der Waals surface area contributed by atoms with Crippen LogP contribution >= 0.6 is 0 Å². The summed E-state index contributed by atoms with van der Waals surface area (Å²) < 4.78 is 11.4. The molecule has 2 heterocycles. The Morgan fingerprint density at radius 3 is 2.48 bits per heavy atom. The van der Waals surface area contributed by atoms with E-state index in [-0.39, 0.29) is 23.1 Å². The maximum Gasteiger partial charge on any atom is 0.287 e. The zero-order valence-electron chi connectivity index (χ0n) is 18.2. The number of amides is 1. The van der Waals surface area contributed by atoms with Gasteiger partial charge in [-0.3, -0.25) is 14.5 Å². The second-order valence-electron chi connectivity index (χ2n) is 8.14. The van der Waals surface area contributed by atoms with Crippen LogP contribution in [0.4, 0.5) is 0 Å². The maximum atomic E-state index is 12.9. The van der Waals surface area contributed by atoms with Gasteiger partial charge in [0.05, 0.1) is 24.6 Å². The molecule has 1 fully saturated rings. The molecule has 0 aliphatic carbocycles. The van der Waals surface area contributed by atoms with Crippen LogP contribution in [0, 0.1) is 20.8 Å². The maximum absolute atomic E-state index is 12.9. The topological polar surface area (TPSA) is 71.8 Å². The summed E-state index contributed by atoms with van der Waals surface area (Å²) in [5.41, 5.74) is 4.48. The van der Waals surface area contributed by atoms with E-state index in [2.05, 4.69) is 41.4 Å². The van der Waals surface area contributed by atoms with Crippen LogP contribution in [0.5, 0.6) is 0 Å². The highest BCUT2D eigenvalue weighted by molar-refractivity contribution is 5.93. The molecule has 0 saturated carbocycles. The van der Waals surface area contributed by atoms with Gasteiger partial charge in [0.15, 0.2) is 11.2 Å². The van der Waals surface area contributed by atoms with E-state index in [1.807, 2.05) is 19.9 Å². The van der Waals surface area contributed by atoms with Gasteiger partial charge in [0.1, 0.15) is 5.58 Å². The summed E-state index contributed by atoms with van der Waals surface area (Å²) in [4.78, 5) is 27.8. The fourth-order valence-corrected chi connectivity index (χ4v) is 3.98. The van der Waals surface area contributed by atoms with E-state index in [0.29, 0.717) is 30.7 Å². The first kappa shape index (κ1) is 21.3. The molecule has 1 N–H and O–H groups in total. The summed E-state index contributed by atoms with van der Waals surface area (Å²) in [5, 5.41) is 3.47. The third-order valence-electron chi connectivity index (χ3n) is 6.04. The van der Waals surface area contributed by atoms with Crippen LogP contribution in [-0.2, 0) is 4.74 Å². The molecular formula is C25H28N2O4. The molecular weight excluding hydrogens is 392 g/mol. The second-order valence-corrected chi connectivity index (χ2v) is 8.14. The highest BCUT2D eigenvalue weighted by Gasteiger charge is 2.24. The van der Waals surface area contributed by atoms with E-state index in [9.17, 15) is 9.59 Å². The monoisotopic (exact) mass is 420 g/mol. The predicted octanol–water partition coefficient (Wildman–Crippen LogP) is 3.52. The van der Waals surface area contributed by atoms with Crippen LogP contribution in [0.25, 0.3) is 11.0 Å². The van der Waals surface area contributed by atoms with Crippen molar-refractivity contribution in [2.24, 2.45) is 0 Å². The first-order chi connectivity index (χ1) is 14.9. The summed E-state index contributed by atoms with van der Waals surface area (Å²) in [6.07, 6.45) is 0. The number of ether oxygens (including phenoxy) is 1. The van der Waals surface area contributed by atoms with Crippen LogP contribution in [0.1, 0.15) is 38.9 Å². The SMILES string of the molecule is Cc1ccc([C@@H](CNC(=O)c2cc(=O)c3ccc(C)c(C)c3o2)N2CCOCC2)cc1. The number of fused-ring (bicyclic) bond motifs is 1. The minimum absolute atomic E-state index is 0.0182. The number of carbonyl (C=O) groups is 1. The third-order valence-corrected chi connectivity index (χ3v) is 6.04. The van der Waals surface area contributed by atoms with Crippen molar-refractivity contribution in [3.63, 3.8) is 0 Å². The summed E-state index contributed by atoms with van der Waals surface area (Å²) in [7, 11) is 0. The summed E-state index contributed by atoms with van der Waals surface area (Å²) in [5.74, 6) is -0.346. The van der Waals surface area contributed by atoms with Crippen LogP contribution in [-0.4, -0.2) is 43.7 Å². The summed E-state index contributed by atoms with van der Waals surface area (Å²) in [6, 6.07) is 13.3. The van der Waals surface area contributed by atoms with Gasteiger partial charge in [0.2, 0.25) is 0 Å². The minimum atomic E-state index is -0.384. The average molecular weight is 421 g/mol. The largest absolute Gasteiger partial charge is 0.450 e. The Kier molecular flexibility index (Phi) is 6.20. The standard InChI is InChI=1S/C25H28N2O4/c1-16-4-7-19(8-5-16)21(27-10-12-30-13-11-27)15-26-25(29)23-14-22(28)20-9-6-17(2)18(3)24(20)31-23/h4-9,14,21H,10-13,15H2,1-3H3,(H,26,29)/t21-/m1/s1. The summed E-state index contributed by atoms with van der Waals surface area (Å²) >= 11 is 0. The molecule has 3 aromatic rings. The highest BCUT2D eigenvalue weighted by Crippen LogP contribution is 2.23. The molecule has 1 aliphatic heterocycles. The van der Waals surface area contributed by atoms with Crippen molar-refractivity contribution in [3.8, 4) is 0 Å². The van der Waals surface area contributed by atoms with E-state index in [4.69, 9.17) is 9.15 Å². The normalized spacial score (nSPS) is 15.7. The quantitative estimate of drug-likeness (QED) is 0.684. The zero-order chi connectivity index (χ0) is 22.0. The van der Waals surface area contributed by atoms with Crippen LogP contribution in [0.15, 0.2) is 51.7 Å². The first-order valence-electron chi connectivity index (χ1n) is 10.6. The molecule has 0 bridgehead atoms. The van der Waals surface area contributed by atoms with Gasteiger partial charge >= 0.3 is 0 Å². The van der Waals surface area contributed by atoms with Crippen molar-refractivity contribution in [3.05, 3.63) is 80.7 Å². The molecule has 0 unspecified atom stereocenters. The number of rotatable bonds is 5. The Morgan fingerprint density at radius 1 is 1.06 bits per heavy atom. The Labute approximate surface area is 181 Å². The Bertz CT molecular complexity index is 1140. The van der Waals surface area contributed by atoms with Gasteiger partial charge in [-0.2, -0.15) is 0 Å². The van der Waals surface area contributed by atoms with Crippen LogP contribution in [0.3, 0.4) is 0 Å². The van der Waals surface area contributed by atoms with Crippen molar-refractivity contribution in [2.45, 2.75) is 26.8 Å². The van der Waals surface area contributed by atoms with E-state index >= 15 is 0 Å². The molecule has 6 nitrogen and oxygen atoms in total. The van der Waals surface area contributed by atoms with Gasteiger partial charge in [-0.25, -0.2) is 0 Å². The van der Waals surface area contributed by atoms with Crippen molar-refractivity contribution in [2.75, 3.05) is 32.8 Å². The molecule has 1 aromatic heterocycles.